The maximum Gasteiger partial charge on any atom is 0.244 e. The first-order valence-electron chi connectivity index (χ1n) is 10.7. The lowest BCUT2D eigenvalue weighted by molar-refractivity contribution is -0.126. The number of hydrogen-bond donors (Lipinski definition) is 1. The van der Waals surface area contributed by atoms with Gasteiger partial charge in [0.1, 0.15) is 0 Å². The standard InChI is InChI=1S/C21H30BrN3O4S/c1-3-5-9-23-21(27)15-6-10-24(11-7-15)30(28,29)19-14-18-16(13-17(19)22)8-12-25(18)20(26)4-2/h13-15H,3-12H2,1-2H3,(H,23,27). The molecule has 2 aliphatic rings. The Kier molecular flexibility index (Phi) is 7.57. The average molecular weight is 500 g/mol. The molecule has 1 saturated heterocycles. The second-order valence-electron chi connectivity index (χ2n) is 7.88. The first kappa shape index (κ1) is 23.2. The number of carbonyl (C=O) groups excluding carboxylic acids is 2. The fourth-order valence-corrected chi connectivity index (χ4v) is 6.61. The third-order valence-corrected chi connectivity index (χ3v) is 8.76. The number of amides is 2. The van der Waals surface area contributed by atoms with Crippen molar-refractivity contribution in [2.75, 3.05) is 31.1 Å². The van der Waals surface area contributed by atoms with Gasteiger partial charge in [-0.25, -0.2) is 8.42 Å². The molecule has 3 rings (SSSR count). The molecular weight excluding hydrogens is 470 g/mol. The summed E-state index contributed by atoms with van der Waals surface area (Å²) in [5, 5.41) is 2.95. The normalized spacial score (nSPS) is 17.8. The minimum Gasteiger partial charge on any atom is -0.356 e. The van der Waals surface area contributed by atoms with Gasteiger partial charge in [0.2, 0.25) is 21.8 Å². The zero-order chi connectivity index (χ0) is 21.9. The minimum absolute atomic E-state index is 0.00526. The highest BCUT2D eigenvalue weighted by molar-refractivity contribution is 9.10. The highest BCUT2D eigenvalue weighted by Crippen LogP contribution is 2.37. The van der Waals surface area contributed by atoms with E-state index in [1.165, 1.54) is 4.31 Å². The van der Waals surface area contributed by atoms with Crippen molar-refractivity contribution in [1.82, 2.24) is 9.62 Å². The molecule has 2 heterocycles. The van der Waals surface area contributed by atoms with Gasteiger partial charge in [-0.3, -0.25) is 9.59 Å². The summed E-state index contributed by atoms with van der Waals surface area (Å²) in [5.74, 6) is -0.128. The highest BCUT2D eigenvalue weighted by atomic mass is 79.9. The summed E-state index contributed by atoms with van der Waals surface area (Å²) in [6.45, 7) is 5.76. The van der Waals surface area contributed by atoms with E-state index < -0.39 is 10.0 Å². The van der Waals surface area contributed by atoms with Crippen LogP contribution in [0.3, 0.4) is 0 Å². The Morgan fingerprint density at radius 2 is 1.87 bits per heavy atom. The molecular formula is C21H30BrN3O4S. The van der Waals surface area contributed by atoms with Crippen molar-refractivity contribution in [3.8, 4) is 0 Å². The number of halogens is 1. The number of nitrogens with zero attached hydrogens (tertiary/aromatic N) is 2. The van der Waals surface area contributed by atoms with Crippen molar-refractivity contribution in [2.24, 2.45) is 5.92 Å². The van der Waals surface area contributed by atoms with Crippen molar-refractivity contribution >= 4 is 43.5 Å². The summed E-state index contributed by atoms with van der Waals surface area (Å²) >= 11 is 3.42. The van der Waals surface area contributed by atoms with Crippen LogP contribution in [0.4, 0.5) is 5.69 Å². The van der Waals surface area contributed by atoms with Crippen LogP contribution >= 0.6 is 15.9 Å². The molecule has 0 radical (unpaired) electrons. The first-order valence-corrected chi connectivity index (χ1v) is 12.9. The molecule has 1 aromatic carbocycles. The van der Waals surface area contributed by atoms with E-state index in [2.05, 4.69) is 28.2 Å². The Morgan fingerprint density at radius 1 is 1.17 bits per heavy atom. The minimum atomic E-state index is -3.72. The SMILES string of the molecule is CCCCNC(=O)C1CCN(S(=O)(=O)c2cc3c(cc2Br)CCN3C(=O)CC)CC1. The Bertz CT molecular complexity index is 911. The van der Waals surface area contributed by atoms with Crippen LogP contribution in [0.25, 0.3) is 0 Å². The molecule has 7 nitrogen and oxygen atoms in total. The number of piperidine rings is 1. The number of carbonyl (C=O) groups is 2. The predicted molar refractivity (Wildman–Crippen MR) is 120 cm³/mol. The smallest absolute Gasteiger partial charge is 0.244 e. The highest BCUT2D eigenvalue weighted by Gasteiger charge is 2.35. The summed E-state index contributed by atoms with van der Waals surface area (Å²) in [7, 11) is -3.72. The van der Waals surface area contributed by atoms with E-state index in [-0.39, 0.29) is 22.6 Å². The lowest BCUT2D eigenvalue weighted by Gasteiger charge is -2.31. The third kappa shape index (κ3) is 4.73. The summed E-state index contributed by atoms with van der Waals surface area (Å²) in [4.78, 5) is 26.4. The number of rotatable bonds is 7. The fraction of sp³-hybridized carbons (Fsp3) is 0.619. The van der Waals surface area contributed by atoms with Crippen molar-refractivity contribution in [2.45, 2.75) is 57.3 Å². The quantitative estimate of drug-likeness (QED) is 0.584. The number of benzene rings is 1. The molecule has 0 bridgehead atoms. The van der Waals surface area contributed by atoms with Crippen LogP contribution in [-0.4, -0.2) is 50.7 Å². The van der Waals surface area contributed by atoms with Crippen molar-refractivity contribution in [3.05, 3.63) is 22.2 Å². The van der Waals surface area contributed by atoms with Crippen LogP contribution in [0, 0.1) is 5.92 Å². The molecule has 2 aliphatic heterocycles. The Labute approximate surface area is 187 Å². The van der Waals surface area contributed by atoms with Gasteiger partial charge in [0.05, 0.1) is 4.90 Å². The van der Waals surface area contributed by atoms with Gasteiger partial charge in [0.15, 0.2) is 0 Å². The van der Waals surface area contributed by atoms with Gasteiger partial charge in [0.25, 0.3) is 0 Å². The molecule has 0 unspecified atom stereocenters. The van der Waals surface area contributed by atoms with Crippen molar-refractivity contribution in [1.29, 1.82) is 0 Å². The second kappa shape index (κ2) is 9.78. The van der Waals surface area contributed by atoms with E-state index in [0.717, 1.165) is 24.8 Å². The fourth-order valence-electron chi connectivity index (χ4n) is 4.07. The first-order chi connectivity index (χ1) is 14.3. The van der Waals surface area contributed by atoms with E-state index in [4.69, 9.17) is 0 Å². The second-order valence-corrected chi connectivity index (χ2v) is 10.6. The summed E-state index contributed by atoms with van der Waals surface area (Å²) in [6, 6.07) is 3.44. The largest absolute Gasteiger partial charge is 0.356 e. The Balaban J connectivity index is 1.74. The number of sulfonamides is 1. The van der Waals surface area contributed by atoms with Gasteiger partial charge in [-0.05, 0) is 59.3 Å². The van der Waals surface area contributed by atoms with Crippen LogP contribution in [0.2, 0.25) is 0 Å². The Hall–Kier alpha value is -1.45. The predicted octanol–water partition coefficient (Wildman–Crippen LogP) is 3.07. The number of hydrogen-bond acceptors (Lipinski definition) is 4. The molecule has 166 valence electrons. The number of fused-ring (bicyclic) bond motifs is 1. The molecule has 0 aliphatic carbocycles. The molecule has 0 atom stereocenters. The van der Waals surface area contributed by atoms with Gasteiger partial charge in [-0.15, -0.1) is 0 Å². The zero-order valence-corrected chi connectivity index (χ0v) is 20.0. The summed E-state index contributed by atoms with van der Waals surface area (Å²) in [5.41, 5.74) is 1.67. The average Bonchev–Trinajstić information content (AvgIpc) is 3.15. The van der Waals surface area contributed by atoms with Crippen molar-refractivity contribution in [3.63, 3.8) is 0 Å². The van der Waals surface area contributed by atoms with Crippen LogP contribution in [-0.2, 0) is 26.0 Å². The monoisotopic (exact) mass is 499 g/mol. The van der Waals surface area contributed by atoms with E-state index in [1.54, 1.807) is 17.9 Å². The molecule has 0 spiro atoms. The van der Waals surface area contributed by atoms with E-state index in [9.17, 15) is 18.0 Å². The topological polar surface area (TPSA) is 86.8 Å². The van der Waals surface area contributed by atoms with Gasteiger partial charge in [-0.2, -0.15) is 4.31 Å². The van der Waals surface area contributed by atoms with Gasteiger partial charge in [0, 0.05) is 48.7 Å². The molecule has 9 heteroatoms. The van der Waals surface area contributed by atoms with E-state index in [1.807, 2.05) is 6.07 Å². The maximum atomic E-state index is 13.3. The van der Waals surface area contributed by atoms with Gasteiger partial charge < -0.3 is 10.2 Å². The Morgan fingerprint density at radius 3 is 2.50 bits per heavy atom. The number of nitrogens with one attached hydrogen (secondary N) is 1. The zero-order valence-electron chi connectivity index (χ0n) is 17.6. The lowest BCUT2D eigenvalue weighted by Crippen LogP contribution is -2.43. The third-order valence-electron chi connectivity index (χ3n) is 5.90. The summed E-state index contributed by atoms with van der Waals surface area (Å²) < 4.78 is 28.6. The van der Waals surface area contributed by atoms with Crippen LogP contribution in [0.1, 0.15) is 51.5 Å². The van der Waals surface area contributed by atoms with Crippen LogP contribution in [0.15, 0.2) is 21.5 Å². The molecule has 1 N–H and O–H groups in total. The van der Waals surface area contributed by atoms with E-state index in [0.29, 0.717) is 55.6 Å². The molecule has 0 aromatic heterocycles. The van der Waals surface area contributed by atoms with Gasteiger partial charge >= 0.3 is 0 Å². The molecule has 30 heavy (non-hydrogen) atoms. The molecule has 1 aromatic rings. The van der Waals surface area contributed by atoms with Crippen LogP contribution in [0.5, 0.6) is 0 Å². The van der Waals surface area contributed by atoms with Gasteiger partial charge in [-0.1, -0.05) is 20.3 Å². The van der Waals surface area contributed by atoms with E-state index >= 15 is 0 Å². The number of anilines is 1. The summed E-state index contributed by atoms with van der Waals surface area (Å²) in [6.07, 6.45) is 4.10. The maximum absolute atomic E-state index is 13.3. The molecule has 1 fully saturated rings. The van der Waals surface area contributed by atoms with Crippen LogP contribution < -0.4 is 10.2 Å². The number of unbranched alkanes of at least 4 members (excludes halogenated alkanes) is 1. The molecule has 2 amide bonds. The lowest BCUT2D eigenvalue weighted by atomic mass is 9.97. The molecule has 0 saturated carbocycles. The van der Waals surface area contributed by atoms with Crippen molar-refractivity contribution < 1.29 is 18.0 Å².